The highest BCUT2D eigenvalue weighted by Gasteiger charge is 2.37. The van der Waals surface area contributed by atoms with E-state index in [0.29, 0.717) is 30.7 Å². The number of nitrogens with one attached hydrogen (secondary N) is 1. The van der Waals surface area contributed by atoms with Gasteiger partial charge in [-0.15, -0.1) is 0 Å². The maximum absolute atomic E-state index is 12.4. The Hall–Kier alpha value is -3.34. The van der Waals surface area contributed by atoms with Crippen LogP contribution in [-0.4, -0.2) is 54.4 Å². The summed E-state index contributed by atoms with van der Waals surface area (Å²) in [6.45, 7) is 4.23. The van der Waals surface area contributed by atoms with Crippen LogP contribution >= 0.6 is 0 Å². The lowest BCUT2D eigenvalue weighted by Crippen LogP contribution is -2.17. The van der Waals surface area contributed by atoms with Crippen LogP contribution in [0.25, 0.3) is 22.4 Å². The number of fused-ring (bicyclic) bond motifs is 1. The molecule has 4 aromatic rings. The number of anilines is 1. The van der Waals surface area contributed by atoms with Crippen LogP contribution in [0.5, 0.6) is 0 Å². The number of rotatable bonds is 7. The van der Waals surface area contributed by atoms with Crippen molar-refractivity contribution in [3.63, 3.8) is 0 Å². The molecule has 166 valence electrons. The summed E-state index contributed by atoms with van der Waals surface area (Å²) in [4.78, 5) is 18.1. The first-order valence-corrected chi connectivity index (χ1v) is 12.0. The number of aromatic nitrogens is 7. The van der Waals surface area contributed by atoms with E-state index in [1.165, 1.54) is 12.4 Å². The maximum atomic E-state index is 12.4. The Kier molecular flexibility index (Phi) is 4.92. The summed E-state index contributed by atoms with van der Waals surface area (Å²) in [5.74, 6) is 1.24. The molecule has 0 aromatic carbocycles. The largest absolute Gasteiger partial charge is 0.359 e. The van der Waals surface area contributed by atoms with Crippen molar-refractivity contribution in [2.24, 2.45) is 0 Å². The molecule has 1 aliphatic carbocycles. The average molecular weight is 453 g/mol. The van der Waals surface area contributed by atoms with E-state index in [-0.39, 0.29) is 11.3 Å². The van der Waals surface area contributed by atoms with Crippen LogP contribution in [-0.2, 0) is 16.4 Å². The minimum absolute atomic E-state index is 0.242. The summed E-state index contributed by atoms with van der Waals surface area (Å²) in [6.07, 6.45) is 8.30. The van der Waals surface area contributed by atoms with Crippen LogP contribution < -0.4 is 5.32 Å². The predicted molar refractivity (Wildman–Crippen MR) is 121 cm³/mol. The highest BCUT2D eigenvalue weighted by Crippen LogP contribution is 2.30. The molecule has 1 fully saturated rings. The van der Waals surface area contributed by atoms with E-state index in [9.17, 15) is 8.42 Å². The minimum atomic E-state index is -3.42. The summed E-state index contributed by atoms with van der Waals surface area (Å²) in [6, 6.07) is 4.11. The minimum Gasteiger partial charge on any atom is -0.359 e. The quantitative estimate of drug-likeness (QED) is 0.454. The van der Waals surface area contributed by atoms with Gasteiger partial charge >= 0.3 is 0 Å². The van der Waals surface area contributed by atoms with Gasteiger partial charge in [-0.2, -0.15) is 9.19 Å². The molecule has 10 nitrogen and oxygen atoms in total. The molecule has 11 heteroatoms. The van der Waals surface area contributed by atoms with Gasteiger partial charge in [0.05, 0.1) is 40.6 Å². The lowest BCUT2D eigenvalue weighted by Gasteiger charge is -2.12. The molecule has 1 saturated carbocycles. The number of hydrogen-bond acceptors (Lipinski definition) is 8. The second-order valence-corrected chi connectivity index (χ2v) is 10.3. The first-order valence-electron chi connectivity index (χ1n) is 10.5. The number of imidazole rings is 1. The van der Waals surface area contributed by atoms with Crippen molar-refractivity contribution in [3.8, 4) is 11.4 Å². The summed E-state index contributed by atoms with van der Waals surface area (Å²) in [5.41, 5.74) is 4.05. The molecule has 0 radical (unpaired) electrons. The summed E-state index contributed by atoms with van der Waals surface area (Å²) < 4.78 is 28.0. The van der Waals surface area contributed by atoms with Crippen LogP contribution in [0.3, 0.4) is 0 Å². The maximum Gasteiger partial charge on any atom is 0.256 e. The Morgan fingerprint density at radius 1 is 1.16 bits per heavy atom. The molecule has 4 heterocycles. The molecule has 0 spiro atoms. The Balaban J connectivity index is 1.44. The molecule has 0 atom stereocenters. The average Bonchev–Trinajstić information content (AvgIpc) is 3.40. The molecule has 0 amide bonds. The topological polar surface area (TPSA) is 120 Å². The van der Waals surface area contributed by atoms with Crippen LogP contribution in [0.15, 0.2) is 36.9 Å². The van der Waals surface area contributed by atoms with Gasteiger partial charge in [0.2, 0.25) is 5.95 Å². The van der Waals surface area contributed by atoms with Crippen molar-refractivity contribution in [3.05, 3.63) is 48.3 Å². The van der Waals surface area contributed by atoms with Gasteiger partial charge in [0.1, 0.15) is 5.52 Å². The van der Waals surface area contributed by atoms with Crippen LogP contribution in [0.4, 0.5) is 5.95 Å². The predicted octanol–water partition coefficient (Wildman–Crippen LogP) is 2.64. The number of hydrogen-bond donors (Lipinski definition) is 1. The highest BCUT2D eigenvalue weighted by molar-refractivity contribution is 7.90. The van der Waals surface area contributed by atoms with E-state index in [0.717, 1.165) is 32.5 Å². The fraction of sp³-hybridized carbons (Fsp3) is 0.381. The zero-order valence-corrected chi connectivity index (χ0v) is 18.9. The first kappa shape index (κ1) is 20.6. The zero-order valence-electron chi connectivity index (χ0n) is 18.1. The summed E-state index contributed by atoms with van der Waals surface area (Å²) >= 11 is 0. The lowest BCUT2D eigenvalue weighted by atomic mass is 10.2. The van der Waals surface area contributed by atoms with Gasteiger partial charge in [-0.3, -0.25) is 4.98 Å². The van der Waals surface area contributed by atoms with Crippen LogP contribution in [0.2, 0.25) is 0 Å². The second kappa shape index (κ2) is 7.66. The highest BCUT2D eigenvalue weighted by atomic mass is 32.2. The van der Waals surface area contributed by atoms with Gasteiger partial charge < -0.3 is 9.88 Å². The van der Waals surface area contributed by atoms with Gasteiger partial charge in [0.15, 0.2) is 5.82 Å². The first-order chi connectivity index (χ1) is 15.4. The Labute approximate surface area is 185 Å². The smallest absolute Gasteiger partial charge is 0.256 e. The monoisotopic (exact) mass is 452 g/mol. The van der Waals surface area contributed by atoms with E-state index in [1.807, 2.05) is 19.2 Å². The van der Waals surface area contributed by atoms with Gasteiger partial charge in [-0.05, 0) is 38.8 Å². The Bertz CT molecular complexity index is 1400. The molecule has 4 aromatic heterocycles. The molecule has 0 bridgehead atoms. The van der Waals surface area contributed by atoms with Crippen molar-refractivity contribution in [2.45, 2.75) is 44.4 Å². The van der Waals surface area contributed by atoms with Gasteiger partial charge in [0.25, 0.3) is 10.0 Å². The van der Waals surface area contributed by atoms with E-state index in [4.69, 9.17) is 0 Å². The zero-order chi connectivity index (χ0) is 22.5. The summed E-state index contributed by atoms with van der Waals surface area (Å²) in [5, 5.41) is 6.84. The number of nitrogens with zero attached hydrogens (tertiary/aromatic N) is 7. The molecule has 0 unspecified atom stereocenters. The third kappa shape index (κ3) is 3.62. The molecule has 32 heavy (non-hydrogen) atoms. The molecular formula is C21H24N8O2S. The normalized spacial score (nSPS) is 14.4. The summed E-state index contributed by atoms with van der Waals surface area (Å²) in [7, 11) is -1.56. The fourth-order valence-corrected chi connectivity index (χ4v) is 5.21. The number of pyridine rings is 1. The van der Waals surface area contributed by atoms with Crippen molar-refractivity contribution in [2.75, 3.05) is 12.4 Å². The van der Waals surface area contributed by atoms with E-state index < -0.39 is 10.0 Å². The van der Waals surface area contributed by atoms with E-state index >= 15 is 0 Å². The molecule has 0 saturated heterocycles. The van der Waals surface area contributed by atoms with Gasteiger partial charge in [0, 0.05) is 31.4 Å². The Morgan fingerprint density at radius 2 is 1.97 bits per heavy atom. The molecule has 1 aliphatic rings. The van der Waals surface area contributed by atoms with E-state index in [2.05, 4.69) is 48.8 Å². The van der Waals surface area contributed by atoms with Crippen LogP contribution in [0.1, 0.15) is 44.1 Å². The SMILES string of the molecule is CNc1nc2cnc(Cc3ccnc(-c4cnn(S(=O)(=O)C5CC5)c4)n3)cc2n1C(C)C. The molecular weight excluding hydrogens is 428 g/mol. The van der Waals surface area contributed by atoms with Crippen molar-refractivity contribution >= 4 is 27.0 Å². The van der Waals surface area contributed by atoms with E-state index in [1.54, 1.807) is 12.4 Å². The molecule has 5 rings (SSSR count). The van der Waals surface area contributed by atoms with Crippen molar-refractivity contribution in [1.29, 1.82) is 0 Å². The molecule has 0 aliphatic heterocycles. The fourth-order valence-electron chi connectivity index (χ4n) is 3.73. The second-order valence-electron chi connectivity index (χ2n) is 8.21. The third-order valence-corrected chi connectivity index (χ3v) is 7.51. The lowest BCUT2D eigenvalue weighted by molar-refractivity contribution is 0.578. The van der Waals surface area contributed by atoms with Crippen molar-refractivity contribution in [1.82, 2.24) is 33.7 Å². The van der Waals surface area contributed by atoms with Gasteiger partial charge in [-0.25, -0.2) is 23.4 Å². The van der Waals surface area contributed by atoms with Gasteiger partial charge in [-0.1, -0.05) is 0 Å². The van der Waals surface area contributed by atoms with Crippen molar-refractivity contribution < 1.29 is 8.42 Å². The Morgan fingerprint density at radius 3 is 2.69 bits per heavy atom. The third-order valence-electron chi connectivity index (χ3n) is 5.47. The molecule has 1 N–H and O–H groups in total. The van der Waals surface area contributed by atoms with Crippen LogP contribution in [0, 0.1) is 0 Å². The standard InChI is InChI=1S/C21H24N8O2S/c1-13(2)29-19-9-16(24-11-18(19)27-21(29)22-3)8-15-6-7-23-20(26-15)14-10-25-28(12-14)32(30,31)17-4-5-17/h6-7,9-13,17H,4-5,8H2,1-3H3,(H,22,27).